The highest BCUT2D eigenvalue weighted by Crippen LogP contribution is 2.32. The Bertz CT molecular complexity index is 1060. The lowest BCUT2D eigenvalue weighted by Crippen LogP contribution is -2.37. The number of aromatic nitrogens is 2. The third-order valence-corrected chi connectivity index (χ3v) is 5.42. The summed E-state index contributed by atoms with van der Waals surface area (Å²) in [6.45, 7) is 4.31. The minimum absolute atomic E-state index is 0.390. The molecular weight excluding hydrogens is 384 g/mol. The minimum atomic E-state index is -0.439. The highest BCUT2D eigenvalue weighted by Gasteiger charge is 2.20. The Labute approximate surface area is 174 Å². The van der Waals surface area contributed by atoms with Gasteiger partial charge in [-0.25, -0.2) is 9.78 Å². The van der Waals surface area contributed by atoms with Gasteiger partial charge in [-0.3, -0.25) is 4.90 Å². The van der Waals surface area contributed by atoms with Gasteiger partial charge >= 0.3 is 5.97 Å². The Morgan fingerprint density at radius 2 is 2.03 bits per heavy atom. The fraction of sp³-hybridized carbons (Fsp3) is 0.364. The molecule has 30 heavy (non-hydrogen) atoms. The lowest BCUT2D eigenvalue weighted by molar-refractivity contribution is 0.0384. The summed E-state index contributed by atoms with van der Waals surface area (Å²) in [6, 6.07) is 9.21. The van der Waals surface area contributed by atoms with E-state index in [0.29, 0.717) is 33.9 Å². The fourth-order valence-electron chi connectivity index (χ4n) is 3.79. The van der Waals surface area contributed by atoms with Gasteiger partial charge in [-0.1, -0.05) is 0 Å². The van der Waals surface area contributed by atoms with Crippen LogP contribution in [0.1, 0.15) is 15.9 Å². The molecule has 0 spiro atoms. The number of hydrogen-bond donors (Lipinski definition) is 2. The van der Waals surface area contributed by atoms with Crippen molar-refractivity contribution in [2.24, 2.45) is 0 Å². The first-order valence-corrected chi connectivity index (χ1v) is 9.94. The highest BCUT2D eigenvalue weighted by molar-refractivity contribution is 6.04. The van der Waals surface area contributed by atoms with E-state index >= 15 is 0 Å². The first-order valence-electron chi connectivity index (χ1n) is 9.94. The standard InChI is InChI=1S/C22H26N4O4/c1-28-18-6-5-17(22(27)29-2)19-20(18)25-21(24-19)16-4-3-15(23)13-14(16)7-8-26-9-11-30-12-10-26/h3-6,13H,7-12,23H2,1-2H3,(H,24,25). The largest absolute Gasteiger partial charge is 0.494 e. The zero-order valence-corrected chi connectivity index (χ0v) is 17.2. The number of nitrogens with zero attached hydrogens (tertiary/aromatic N) is 2. The molecular formula is C22H26N4O4. The Hall–Kier alpha value is -3.10. The van der Waals surface area contributed by atoms with Gasteiger partial charge < -0.3 is 24.9 Å². The van der Waals surface area contributed by atoms with Crippen molar-refractivity contribution >= 4 is 22.7 Å². The molecule has 0 saturated carbocycles. The van der Waals surface area contributed by atoms with Crippen LogP contribution in [-0.2, 0) is 15.9 Å². The Balaban J connectivity index is 1.73. The second-order valence-corrected chi connectivity index (χ2v) is 7.24. The molecule has 2 heterocycles. The minimum Gasteiger partial charge on any atom is -0.494 e. The molecule has 1 fully saturated rings. The molecule has 0 unspecified atom stereocenters. The third-order valence-electron chi connectivity index (χ3n) is 5.42. The predicted molar refractivity (Wildman–Crippen MR) is 115 cm³/mol. The average Bonchev–Trinajstić information content (AvgIpc) is 3.22. The van der Waals surface area contributed by atoms with Crippen LogP contribution < -0.4 is 10.5 Å². The molecule has 0 amide bonds. The summed E-state index contributed by atoms with van der Waals surface area (Å²) in [5.41, 5.74) is 10.4. The number of aromatic amines is 1. The van der Waals surface area contributed by atoms with E-state index < -0.39 is 5.97 Å². The highest BCUT2D eigenvalue weighted by atomic mass is 16.5. The van der Waals surface area contributed by atoms with Crippen molar-refractivity contribution in [3.63, 3.8) is 0 Å². The van der Waals surface area contributed by atoms with Crippen LogP contribution in [0.4, 0.5) is 5.69 Å². The molecule has 0 aliphatic carbocycles. The molecule has 1 aliphatic heterocycles. The van der Waals surface area contributed by atoms with E-state index in [-0.39, 0.29) is 0 Å². The number of imidazole rings is 1. The van der Waals surface area contributed by atoms with Crippen molar-refractivity contribution in [1.82, 2.24) is 14.9 Å². The van der Waals surface area contributed by atoms with Crippen molar-refractivity contribution in [3.8, 4) is 17.1 Å². The number of carbonyl (C=O) groups excluding carboxylic acids is 1. The number of rotatable bonds is 6. The number of morpholine rings is 1. The van der Waals surface area contributed by atoms with Crippen LogP contribution in [0.25, 0.3) is 22.4 Å². The van der Waals surface area contributed by atoms with Crippen molar-refractivity contribution < 1.29 is 19.0 Å². The van der Waals surface area contributed by atoms with Crippen LogP contribution in [0.15, 0.2) is 30.3 Å². The number of nitrogen functional groups attached to an aromatic ring is 1. The molecule has 8 heteroatoms. The summed E-state index contributed by atoms with van der Waals surface area (Å²) < 4.78 is 15.8. The van der Waals surface area contributed by atoms with Gasteiger partial charge in [0, 0.05) is 30.9 Å². The van der Waals surface area contributed by atoms with Gasteiger partial charge in [0.2, 0.25) is 0 Å². The Morgan fingerprint density at radius 1 is 1.23 bits per heavy atom. The molecule has 8 nitrogen and oxygen atoms in total. The Morgan fingerprint density at radius 3 is 2.77 bits per heavy atom. The molecule has 3 aromatic rings. The SMILES string of the molecule is COC(=O)c1ccc(OC)c2[nH]c(-c3ccc(N)cc3CCN3CCOCC3)nc12. The lowest BCUT2D eigenvalue weighted by atomic mass is 10.0. The van der Waals surface area contributed by atoms with Crippen LogP contribution in [0.2, 0.25) is 0 Å². The monoisotopic (exact) mass is 410 g/mol. The average molecular weight is 410 g/mol. The number of benzene rings is 2. The van der Waals surface area contributed by atoms with Crippen LogP contribution in [0, 0.1) is 0 Å². The van der Waals surface area contributed by atoms with E-state index in [1.807, 2.05) is 18.2 Å². The summed E-state index contributed by atoms with van der Waals surface area (Å²) >= 11 is 0. The van der Waals surface area contributed by atoms with E-state index in [0.717, 1.165) is 50.4 Å². The number of hydrogen-bond acceptors (Lipinski definition) is 7. The molecule has 0 radical (unpaired) electrons. The van der Waals surface area contributed by atoms with Crippen molar-refractivity contribution in [2.45, 2.75) is 6.42 Å². The number of nitrogens with two attached hydrogens (primary N) is 1. The van der Waals surface area contributed by atoms with Crippen LogP contribution >= 0.6 is 0 Å². The number of fused-ring (bicyclic) bond motifs is 1. The maximum Gasteiger partial charge on any atom is 0.340 e. The van der Waals surface area contributed by atoms with Gasteiger partial charge in [0.05, 0.1) is 33.0 Å². The lowest BCUT2D eigenvalue weighted by Gasteiger charge is -2.26. The summed E-state index contributed by atoms with van der Waals surface area (Å²) in [6.07, 6.45) is 0.832. The molecule has 0 atom stereocenters. The van der Waals surface area contributed by atoms with Gasteiger partial charge in [0.1, 0.15) is 22.6 Å². The topological polar surface area (TPSA) is 103 Å². The van der Waals surface area contributed by atoms with Gasteiger partial charge in [0.15, 0.2) is 0 Å². The molecule has 3 N–H and O–H groups in total. The maximum absolute atomic E-state index is 12.2. The van der Waals surface area contributed by atoms with E-state index in [1.165, 1.54) is 7.11 Å². The van der Waals surface area contributed by atoms with Gasteiger partial charge in [-0.2, -0.15) is 0 Å². The zero-order chi connectivity index (χ0) is 21.1. The fourth-order valence-corrected chi connectivity index (χ4v) is 3.79. The van der Waals surface area contributed by atoms with Crippen molar-refractivity contribution in [1.29, 1.82) is 0 Å². The number of H-pyrrole nitrogens is 1. The molecule has 2 aromatic carbocycles. The first-order chi connectivity index (χ1) is 14.6. The van der Waals surface area contributed by atoms with Crippen molar-refractivity contribution in [2.75, 3.05) is 52.8 Å². The van der Waals surface area contributed by atoms with Crippen LogP contribution in [0.5, 0.6) is 5.75 Å². The first kappa shape index (κ1) is 20.2. The molecule has 1 aromatic heterocycles. The summed E-state index contributed by atoms with van der Waals surface area (Å²) in [5, 5.41) is 0. The predicted octanol–water partition coefficient (Wildman–Crippen LogP) is 2.48. The molecule has 0 bridgehead atoms. The second kappa shape index (κ2) is 8.73. The van der Waals surface area contributed by atoms with E-state index in [1.54, 1.807) is 19.2 Å². The Kier molecular flexibility index (Phi) is 5.87. The molecule has 4 rings (SSSR count). The van der Waals surface area contributed by atoms with Gasteiger partial charge in [-0.05, 0) is 42.3 Å². The maximum atomic E-state index is 12.2. The summed E-state index contributed by atoms with van der Waals surface area (Å²) in [4.78, 5) is 22.7. The van der Waals surface area contributed by atoms with E-state index in [9.17, 15) is 4.79 Å². The normalized spacial score (nSPS) is 14.7. The van der Waals surface area contributed by atoms with Gasteiger partial charge in [0.25, 0.3) is 0 Å². The van der Waals surface area contributed by atoms with E-state index in [4.69, 9.17) is 24.9 Å². The van der Waals surface area contributed by atoms with Gasteiger partial charge in [-0.15, -0.1) is 0 Å². The smallest absolute Gasteiger partial charge is 0.340 e. The quantitative estimate of drug-likeness (QED) is 0.475. The number of esters is 1. The van der Waals surface area contributed by atoms with Crippen molar-refractivity contribution in [3.05, 3.63) is 41.5 Å². The number of nitrogens with one attached hydrogen (secondary N) is 1. The van der Waals surface area contributed by atoms with Crippen LogP contribution in [0.3, 0.4) is 0 Å². The number of ether oxygens (including phenoxy) is 3. The molecule has 1 saturated heterocycles. The second-order valence-electron chi connectivity index (χ2n) is 7.24. The molecule has 1 aliphatic rings. The summed E-state index contributed by atoms with van der Waals surface area (Å²) in [5.74, 6) is 0.837. The number of carbonyl (C=O) groups is 1. The zero-order valence-electron chi connectivity index (χ0n) is 17.2. The molecule has 158 valence electrons. The van der Waals surface area contributed by atoms with E-state index in [2.05, 4.69) is 9.88 Å². The number of methoxy groups -OCH3 is 2. The van der Waals surface area contributed by atoms with Crippen LogP contribution in [-0.4, -0.2) is 67.9 Å². The summed E-state index contributed by atoms with van der Waals surface area (Å²) in [7, 11) is 2.94. The number of anilines is 1. The third kappa shape index (κ3) is 3.96.